The van der Waals surface area contributed by atoms with Crippen LogP contribution >= 0.6 is 0 Å². The zero-order chi connectivity index (χ0) is 19.8. The summed E-state index contributed by atoms with van der Waals surface area (Å²) in [5, 5.41) is 8.24. The Morgan fingerprint density at radius 1 is 0.862 bits per heavy atom. The number of carbonyl (C=O) groups excluding carboxylic acids is 1. The Hall–Kier alpha value is -4.13. The van der Waals surface area contributed by atoms with Crippen molar-refractivity contribution in [3.05, 3.63) is 88.4 Å². The van der Waals surface area contributed by atoms with Crippen LogP contribution in [0.2, 0.25) is 0 Å². The van der Waals surface area contributed by atoms with Gasteiger partial charge in [0.05, 0.1) is 6.54 Å². The van der Waals surface area contributed by atoms with Gasteiger partial charge in [-0.15, -0.1) is 0 Å². The Bertz CT molecular complexity index is 1380. The van der Waals surface area contributed by atoms with Gasteiger partial charge in [0.1, 0.15) is 22.4 Å². The van der Waals surface area contributed by atoms with Gasteiger partial charge < -0.3 is 18.7 Å². The maximum atomic E-state index is 12.4. The quantitative estimate of drug-likeness (QED) is 0.467. The Morgan fingerprint density at radius 2 is 1.55 bits per heavy atom. The van der Waals surface area contributed by atoms with E-state index in [-0.39, 0.29) is 12.1 Å². The molecule has 0 aliphatic rings. The molecule has 3 aromatic heterocycles. The number of hydrogen-bond donors (Lipinski definition) is 1. The monoisotopic (exact) mass is 386 g/mol. The zero-order valence-electron chi connectivity index (χ0n) is 15.0. The van der Waals surface area contributed by atoms with Gasteiger partial charge in [-0.25, -0.2) is 4.79 Å². The highest BCUT2D eigenvalue weighted by Crippen LogP contribution is 2.28. The van der Waals surface area contributed by atoms with Crippen LogP contribution in [0.4, 0.5) is 0 Å². The summed E-state index contributed by atoms with van der Waals surface area (Å²) in [6, 6.07) is 19.7. The van der Waals surface area contributed by atoms with Crippen LogP contribution in [0.5, 0.6) is 0 Å². The molecule has 0 aliphatic heterocycles. The Kier molecular flexibility index (Phi) is 3.98. The third kappa shape index (κ3) is 3.19. The number of benzene rings is 2. The minimum absolute atomic E-state index is 0.0651. The highest BCUT2D eigenvalue weighted by atomic mass is 16.5. The zero-order valence-corrected chi connectivity index (χ0v) is 15.0. The first-order chi connectivity index (χ1) is 14.2. The molecule has 0 fully saturated rings. The summed E-state index contributed by atoms with van der Waals surface area (Å²) in [5.41, 5.74) is 0.922. The molecule has 3 heterocycles. The molecule has 142 valence electrons. The first-order valence-corrected chi connectivity index (χ1v) is 8.93. The van der Waals surface area contributed by atoms with Crippen molar-refractivity contribution in [2.24, 2.45) is 0 Å². The molecule has 5 rings (SSSR count). The van der Waals surface area contributed by atoms with Crippen molar-refractivity contribution in [3.8, 4) is 11.5 Å². The molecule has 0 spiro atoms. The standard InChI is InChI=1S/C22H14N2O5/c25-21(16-9-13-5-1-4-8-18(13)28-22(16)26)23-12-15-11-20(29-24-15)19-10-14-6-2-3-7-17(14)27-19/h1-11H,12H2,(H,23,25). The van der Waals surface area contributed by atoms with Crippen molar-refractivity contribution in [3.63, 3.8) is 0 Å². The lowest BCUT2D eigenvalue weighted by atomic mass is 10.2. The van der Waals surface area contributed by atoms with Crippen LogP contribution in [-0.2, 0) is 6.54 Å². The van der Waals surface area contributed by atoms with Gasteiger partial charge in [0.2, 0.25) is 5.76 Å². The van der Waals surface area contributed by atoms with Crippen LogP contribution in [0.25, 0.3) is 33.5 Å². The largest absolute Gasteiger partial charge is 0.453 e. The third-order valence-corrected chi connectivity index (χ3v) is 4.54. The molecular weight excluding hydrogens is 372 g/mol. The third-order valence-electron chi connectivity index (χ3n) is 4.54. The van der Waals surface area contributed by atoms with Crippen LogP contribution in [0.1, 0.15) is 16.1 Å². The van der Waals surface area contributed by atoms with E-state index in [4.69, 9.17) is 13.4 Å². The molecule has 0 aliphatic carbocycles. The van der Waals surface area contributed by atoms with Gasteiger partial charge in [-0.2, -0.15) is 0 Å². The van der Waals surface area contributed by atoms with Gasteiger partial charge in [0.25, 0.3) is 5.91 Å². The summed E-state index contributed by atoms with van der Waals surface area (Å²) in [6.45, 7) is 0.0921. The molecule has 0 unspecified atom stereocenters. The van der Waals surface area contributed by atoms with E-state index in [1.54, 1.807) is 30.3 Å². The number of nitrogens with zero attached hydrogens (tertiary/aromatic N) is 1. The summed E-state index contributed by atoms with van der Waals surface area (Å²) < 4.78 is 16.3. The van der Waals surface area contributed by atoms with Crippen LogP contribution in [0, 0.1) is 0 Å². The van der Waals surface area contributed by atoms with Crippen LogP contribution in [-0.4, -0.2) is 11.1 Å². The number of hydrogen-bond acceptors (Lipinski definition) is 6. The van der Waals surface area contributed by atoms with Crippen molar-refractivity contribution in [2.45, 2.75) is 6.54 Å². The fourth-order valence-corrected chi connectivity index (χ4v) is 3.10. The second-order valence-electron chi connectivity index (χ2n) is 6.50. The molecule has 0 atom stereocenters. The van der Waals surface area contributed by atoms with Crippen molar-refractivity contribution >= 4 is 27.8 Å². The first kappa shape index (κ1) is 17.0. The number of rotatable bonds is 4. The van der Waals surface area contributed by atoms with Gasteiger partial charge in [-0.3, -0.25) is 4.79 Å². The lowest BCUT2D eigenvalue weighted by Crippen LogP contribution is -2.27. The average Bonchev–Trinajstić information content (AvgIpc) is 3.38. The normalized spacial score (nSPS) is 11.2. The minimum atomic E-state index is -0.690. The topological polar surface area (TPSA) is 98.5 Å². The molecule has 7 nitrogen and oxygen atoms in total. The number of nitrogens with one attached hydrogen (secondary N) is 1. The number of carbonyl (C=O) groups is 1. The maximum absolute atomic E-state index is 12.4. The number of fused-ring (bicyclic) bond motifs is 2. The van der Waals surface area contributed by atoms with Crippen LogP contribution in [0.15, 0.2) is 84.9 Å². The summed E-state index contributed by atoms with van der Waals surface area (Å²) in [6.07, 6.45) is 0. The van der Waals surface area contributed by atoms with Gasteiger partial charge in [0.15, 0.2) is 5.76 Å². The van der Waals surface area contributed by atoms with Crippen molar-refractivity contribution < 1.29 is 18.2 Å². The molecule has 2 aromatic carbocycles. The molecule has 5 aromatic rings. The van der Waals surface area contributed by atoms with Gasteiger partial charge in [-0.1, -0.05) is 41.6 Å². The fourth-order valence-electron chi connectivity index (χ4n) is 3.10. The van der Waals surface area contributed by atoms with Crippen molar-refractivity contribution in [1.29, 1.82) is 0 Å². The SMILES string of the molecule is O=C(NCc1cc(-c2cc3ccccc3o2)on1)c1cc2ccccc2oc1=O. The van der Waals surface area contributed by atoms with Gasteiger partial charge >= 0.3 is 5.63 Å². The minimum Gasteiger partial charge on any atom is -0.453 e. The van der Waals surface area contributed by atoms with E-state index in [1.807, 2.05) is 30.3 Å². The molecule has 0 bridgehead atoms. The molecule has 0 saturated heterocycles. The second-order valence-corrected chi connectivity index (χ2v) is 6.50. The smallest absolute Gasteiger partial charge is 0.349 e. The maximum Gasteiger partial charge on any atom is 0.349 e. The van der Waals surface area contributed by atoms with Crippen molar-refractivity contribution in [2.75, 3.05) is 0 Å². The second kappa shape index (κ2) is 6.79. The predicted octanol–water partition coefficient (Wildman–Crippen LogP) is 4.12. The summed E-state index contributed by atoms with van der Waals surface area (Å²) in [7, 11) is 0. The summed E-state index contributed by atoms with van der Waals surface area (Å²) >= 11 is 0. The fraction of sp³-hybridized carbons (Fsp3) is 0.0455. The molecule has 1 amide bonds. The Labute approximate surface area is 163 Å². The highest BCUT2D eigenvalue weighted by molar-refractivity contribution is 5.96. The number of amides is 1. The number of para-hydroxylation sites is 2. The average molecular weight is 386 g/mol. The lowest BCUT2D eigenvalue weighted by Gasteiger charge is -2.03. The predicted molar refractivity (Wildman–Crippen MR) is 105 cm³/mol. The van der Waals surface area contributed by atoms with E-state index in [2.05, 4.69) is 10.5 Å². The van der Waals surface area contributed by atoms with E-state index in [0.29, 0.717) is 28.2 Å². The summed E-state index contributed by atoms with van der Waals surface area (Å²) in [5.74, 6) is 0.458. The number of furan rings is 1. The van der Waals surface area contributed by atoms with Crippen molar-refractivity contribution in [1.82, 2.24) is 10.5 Å². The van der Waals surface area contributed by atoms with Gasteiger partial charge in [0, 0.05) is 16.8 Å². The summed E-state index contributed by atoms with van der Waals surface area (Å²) in [4.78, 5) is 24.5. The van der Waals surface area contributed by atoms with E-state index < -0.39 is 11.5 Å². The molecular formula is C22H14N2O5. The first-order valence-electron chi connectivity index (χ1n) is 8.93. The Morgan fingerprint density at radius 3 is 2.31 bits per heavy atom. The molecule has 29 heavy (non-hydrogen) atoms. The van der Waals surface area contributed by atoms with E-state index >= 15 is 0 Å². The van der Waals surface area contributed by atoms with Crippen LogP contribution < -0.4 is 10.9 Å². The molecule has 0 radical (unpaired) electrons. The molecule has 7 heteroatoms. The molecule has 1 N–H and O–H groups in total. The highest BCUT2D eigenvalue weighted by Gasteiger charge is 2.16. The van der Waals surface area contributed by atoms with E-state index in [1.165, 1.54) is 6.07 Å². The van der Waals surface area contributed by atoms with Crippen LogP contribution in [0.3, 0.4) is 0 Å². The van der Waals surface area contributed by atoms with E-state index in [9.17, 15) is 9.59 Å². The van der Waals surface area contributed by atoms with Gasteiger partial charge in [-0.05, 0) is 24.3 Å². The lowest BCUT2D eigenvalue weighted by molar-refractivity contribution is 0.0946. The Balaban J connectivity index is 1.33. The number of aromatic nitrogens is 1. The molecule has 0 saturated carbocycles. The van der Waals surface area contributed by atoms with E-state index in [0.717, 1.165) is 11.0 Å².